The topological polar surface area (TPSA) is 89.7 Å². The molecule has 0 unspecified atom stereocenters. The van der Waals surface area contributed by atoms with Crippen LogP contribution >= 0.6 is 0 Å². The number of ether oxygens (including phenoxy) is 1. The Labute approximate surface area is 161 Å². The highest BCUT2D eigenvalue weighted by Gasteiger charge is 2.28. The van der Waals surface area contributed by atoms with Gasteiger partial charge in [-0.15, -0.1) is 5.10 Å². The first-order valence-electron chi connectivity index (χ1n) is 8.93. The molecule has 1 saturated heterocycles. The zero-order valence-corrected chi connectivity index (χ0v) is 15.7. The van der Waals surface area contributed by atoms with E-state index in [2.05, 4.69) is 15.2 Å². The summed E-state index contributed by atoms with van der Waals surface area (Å²) in [5.41, 5.74) is 0.986. The number of benzene rings is 2. The Morgan fingerprint density at radius 3 is 2.43 bits per heavy atom. The molecular formula is C19H17N5O3S. The van der Waals surface area contributed by atoms with Crippen molar-refractivity contribution < 1.29 is 13.2 Å². The summed E-state index contributed by atoms with van der Waals surface area (Å²) in [6.45, 7) is 2.59. The Balaban J connectivity index is 1.79. The number of aromatic nitrogens is 4. The summed E-state index contributed by atoms with van der Waals surface area (Å²) in [4.78, 5) is 6.98. The number of rotatable bonds is 3. The second-order valence-corrected chi connectivity index (χ2v) is 8.36. The predicted octanol–water partition coefficient (Wildman–Crippen LogP) is 1.95. The van der Waals surface area contributed by atoms with Crippen LogP contribution in [0.1, 0.15) is 0 Å². The smallest absolute Gasteiger partial charge is 0.229 e. The van der Waals surface area contributed by atoms with Gasteiger partial charge in [-0.05, 0) is 24.3 Å². The van der Waals surface area contributed by atoms with Crippen LogP contribution in [0, 0.1) is 0 Å². The van der Waals surface area contributed by atoms with Crippen LogP contribution in [0.15, 0.2) is 64.5 Å². The van der Waals surface area contributed by atoms with E-state index in [9.17, 15) is 8.42 Å². The molecule has 0 bridgehead atoms. The number of hydrogen-bond acceptors (Lipinski definition) is 7. The van der Waals surface area contributed by atoms with Crippen LogP contribution in [0.2, 0.25) is 0 Å². The van der Waals surface area contributed by atoms with Gasteiger partial charge in [0, 0.05) is 18.5 Å². The summed E-state index contributed by atoms with van der Waals surface area (Å²) in [6.07, 6.45) is 0. The third kappa shape index (κ3) is 2.62. The van der Waals surface area contributed by atoms with Gasteiger partial charge in [0.05, 0.1) is 23.6 Å². The van der Waals surface area contributed by atoms with Gasteiger partial charge in [-0.2, -0.15) is 4.52 Å². The van der Waals surface area contributed by atoms with Crippen molar-refractivity contribution >= 4 is 32.2 Å². The molecule has 5 rings (SSSR count). The first-order valence-corrected chi connectivity index (χ1v) is 10.4. The lowest BCUT2D eigenvalue weighted by molar-refractivity contribution is 0.122. The summed E-state index contributed by atoms with van der Waals surface area (Å²) >= 11 is 0. The Bertz CT molecular complexity index is 1260. The third-order valence-electron chi connectivity index (χ3n) is 4.82. The van der Waals surface area contributed by atoms with Crippen molar-refractivity contribution in [3.8, 4) is 0 Å². The molecule has 9 heteroatoms. The molecule has 0 atom stereocenters. The summed E-state index contributed by atoms with van der Waals surface area (Å²) in [5.74, 6) is 0.721. The molecule has 0 radical (unpaired) electrons. The molecule has 2 aromatic carbocycles. The fourth-order valence-corrected chi connectivity index (χ4v) is 4.69. The maximum absolute atomic E-state index is 13.1. The minimum absolute atomic E-state index is 0.140. The van der Waals surface area contributed by atoms with E-state index in [0.29, 0.717) is 26.3 Å². The lowest BCUT2D eigenvalue weighted by atomic mass is 10.2. The maximum Gasteiger partial charge on any atom is 0.229 e. The standard InChI is InChI=1S/C19H17N5O3S/c25-28(26,14-6-2-1-3-7-14)19-18-20-17(23-10-12-27-13-11-23)15-8-4-5-9-16(15)24(18)22-21-19/h1-9H,10-13H2. The van der Waals surface area contributed by atoms with E-state index in [0.717, 1.165) is 16.7 Å². The summed E-state index contributed by atoms with van der Waals surface area (Å²) in [6, 6.07) is 15.9. The minimum atomic E-state index is -3.84. The van der Waals surface area contributed by atoms with Crippen LogP contribution < -0.4 is 4.90 Å². The molecule has 0 saturated carbocycles. The number of sulfone groups is 1. The van der Waals surface area contributed by atoms with E-state index in [1.807, 2.05) is 24.3 Å². The number of fused-ring (bicyclic) bond motifs is 3. The quantitative estimate of drug-likeness (QED) is 0.524. The lowest BCUT2D eigenvalue weighted by Gasteiger charge is -2.28. The van der Waals surface area contributed by atoms with Gasteiger partial charge in [-0.3, -0.25) is 0 Å². The largest absolute Gasteiger partial charge is 0.378 e. The van der Waals surface area contributed by atoms with Gasteiger partial charge in [0.2, 0.25) is 14.9 Å². The van der Waals surface area contributed by atoms with E-state index in [-0.39, 0.29) is 15.6 Å². The van der Waals surface area contributed by atoms with Crippen molar-refractivity contribution in [1.29, 1.82) is 0 Å². The molecule has 1 aliphatic rings. The maximum atomic E-state index is 13.1. The van der Waals surface area contributed by atoms with Crippen molar-refractivity contribution in [3.63, 3.8) is 0 Å². The molecule has 28 heavy (non-hydrogen) atoms. The Morgan fingerprint density at radius 1 is 0.929 bits per heavy atom. The number of para-hydroxylation sites is 1. The Kier molecular flexibility index (Phi) is 3.99. The van der Waals surface area contributed by atoms with Gasteiger partial charge >= 0.3 is 0 Å². The van der Waals surface area contributed by atoms with Gasteiger partial charge in [-0.1, -0.05) is 35.5 Å². The van der Waals surface area contributed by atoms with Gasteiger partial charge in [-0.25, -0.2) is 13.4 Å². The number of nitrogens with zero attached hydrogens (tertiary/aromatic N) is 5. The van der Waals surface area contributed by atoms with E-state index in [1.165, 1.54) is 4.52 Å². The zero-order chi connectivity index (χ0) is 19.1. The Hall–Kier alpha value is -3.04. The van der Waals surface area contributed by atoms with Gasteiger partial charge < -0.3 is 9.64 Å². The third-order valence-corrected chi connectivity index (χ3v) is 6.49. The van der Waals surface area contributed by atoms with E-state index < -0.39 is 9.84 Å². The van der Waals surface area contributed by atoms with E-state index in [1.54, 1.807) is 30.3 Å². The zero-order valence-electron chi connectivity index (χ0n) is 14.9. The lowest BCUT2D eigenvalue weighted by Crippen LogP contribution is -2.37. The summed E-state index contributed by atoms with van der Waals surface area (Å²) in [5, 5.41) is 8.86. The molecule has 4 aromatic rings. The molecule has 8 nitrogen and oxygen atoms in total. The minimum Gasteiger partial charge on any atom is -0.378 e. The Morgan fingerprint density at radius 2 is 1.64 bits per heavy atom. The highest BCUT2D eigenvalue weighted by molar-refractivity contribution is 7.91. The first kappa shape index (κ1) is 17.1. The van der Waals surface area contributed by atoms with E-state index in [4.69, 9.17) is 9.72 Å². The fourth-order valence-electron chi connectivity index (χ4n) is 3.43. The van der Waals surface area contributed by atoms with Crippen LogP contribution in [0.3, 0.4) is 0 Å². The molecule has 2 aromatic heterocycles. The van der Waals surface area contributed by atoms with Crippen molar-refractivity contribution in [1.82, 2.24) is 19.8 Å². The van der Waals surface area contributed by atoms with Crippen LogP contribution in [0.25, 0.3) is 16.6 Å². The summed E-state index contributed by atoms with van der Waals surface area (Å²) in [7, 11) is -3.84. The van der Waals surface area contributed by atoms with Gasteiger partial charge in [0.1, 0.15) is 5.82 Å². The summed E-state index contributed by atoms with van der Waals surface area (Å²) < 4.78 is 33.2. The normalized spacial score (nSPS) is 15.4. The van der Waals surface area contributed by atoms with Gasteiger partial charge in [0.25, 0.3) is 0 Å². The average molecular weight is 395 g/mol. The van der Waals surface area contributed by atoms with E-state index >= 15 is 0 Å². The molecule has 142 valence electrons. The second kappa shape index (κ2) is 6.54. The molecule has 0 spiro atoms. The van der Waals surface area contributed by atoms with Crippen LogP contribution in [0.5, 0.6) is 0 Å². The van der Waals surface area contributed by atoms with Crippen molar-refractivity contribution in [2.45, 2.75) is 9.92 Å². The van der Waals surface area contributed by atoms with Crippen LogP contribution in [-0.4, -0.2) is 54.5 Å². The second-order valence-electron chi connectivity index (χ2n) is 6.50. The molecule has 1 fully saturated rings. The van der Waals surface area contributed by atoms with Crippen molar-refractivity contribution in [2.24, 2.45) is 0 Å². The molecule has 0 aliphatic carbocycles. The van der Waals surface area contributed by atoms with Crippen LogP contribution in [-0.2, 0) is 14.6 Å². The monoisotopic (exact) mass is 395 g/mol. The van der Waals surface area contributed by atoms with Gasteiger partial charge in [0.15, 0.2) is 5.65 Å². The fraction of sp³-hybridized carbons (Fsp3) is 0.211. The molecule has 0 amide bonds. The average Bonchev–Trinajstić information content (AvgIpc) is 3.19. The predicted molar refractivity (Wildman–Crippen MR) is 103 cm³/mol. The van der Waals surface area contributed by atoms with Crippen LogP contribution in [0.4, 0.5) is 5.82 Å². The molecule has 3 heterocycles. The molecule has 1 aliphatic heterocycles. The van der Waals surface area contributed by atoms with Crippen molar-refractivity contribution in [2.75, 3.05) is 31.2 Å². The van der Waals surface area contributed by atoms with Crippen molar-refractivity contribution in [3.05, 3.63) is 54.6 Å². The molecular weight excluding hydrogens is 378 g/mol. The highest BCUT2D eigenvalue weighted by Crippen LogP contribution is 2.30. The first-order chi connectivity index (χ1) is 13.7. The number of hydrogen-bond donors (Lipinski definition) is 0. The molecule has 0 N–H and O–H groups in total. The SMILES string of the molecule is O=S(=O)(c1ccccc1)c1nnn2c1nc(N1CCOCC1)c1ccccc12. The number of anilines is 1. The number of morpholine rings is 1. The highest BCUT2D eigenvalue weighted by atomic mass is 32.2.